The summed E-state index contributed by atoms with van der Waals surface area (Å²) < 4.78 is 68.4. The van der Waals surface area contributed by atoms with Crippen LogP contribution in [0.3, 0.4) is 0 Å². The summed E-state index contributed by atoms with van der Waals surface area (Å²) in [6, 6.07) is 0. The van der Waals surface area contributed by atoms with Gasteiger partial charge in [-0.1, -0.05) is 274 Å². The van der Waals surface area contributed by atoms with Crippen molar-refractivity contribution in [1.29, 1.82) is 0 Å². The number of aliphatic hydroxyl groups is 1. The van der Waals surface area contributed by atoms with Gasteiger partial charge in [0.05, 0.1) is 26.4 Å². The fourth-order valence-corrected chi connectivity index (χ4v) is 11.3. The summed E-state index contributed by atoms with van der Waals surface area (Å²) in [5, 5.41) is 10.6. The third-order valence-corrected chi connectivity index (χ3v) is 17.7. The number of esters is 4. The molecule has 0 aliphatic rings. The zero-order valence-corrected chi connectivity index (χ0v) is 67.3. The Labute approximate surface area is 641 Å². The molecule has 17 nitrogen and oxygen atoms in total. The molecule has 0 radical (unpaired) electrons. The van der Waals surface area contributed by atoms with Crippen molar-refractivity contribution in [3.05, 3.63) is 182 Å². The first-order valence-electron chi connectivity index (χ1n) is 40.0. The van der Waals surface area contributed by atoms with E-state index in [1.807, 2.05) is 42.5 Å². The number of hydrogen-bond acceptors (Lipinski definition) is 15. The first-order valence-corrected chi connectivity index (χ1v) is 43.0. The van der Waals surface area contributed by atoms with E-state index in [0.717, 1.165) is 122 Å². The average molecular weight is 1520 g/mol. The molecule has 2 unspecified atom stereocenters. The van der Waals surface area contributed by atoms with E-state index >= 15 is 0 Å². The van der Waals surface area contributed by atoms with Gasteiger partial charge in [-0.15, -0.1) is 0 Å². The number of aliphatic hydroxyl groups excluding tert-OH is 1. The normalized spacial score (nSPS) is 14.8. The van der Waals surface area contributed by atoms with E-state index < -0.39 is 97.5 Å². The van der Waals surface area contributed by atoms with Crippen molar-refractivity contribution in [2.24, 2.45) is 0 Å². The lowest BCUT2D eigenvalue weighted by atomic mass is 10.1. The van der Waals surface area contributed by atoms with Crippen molar-refractivity contribution in [3.63, 3.8) is 0 Å². The highest BCUT2D eigenvalue weighted by atomic mass is 31.2. The molecular weight excluding hydrogens is 1380 g/mol. The highest BCUT2D eigenvalue weighted by Crippen LogP contribution is 2.45. The Kier molecular flexibility index (Phi) is 73.1. The van der Waals surface area contributed by atoms with E-state index in [2.05, 4.69) is 167 Å². The molecule has 0 aromatic carbocycles. The molecule has 0 rings (SSSR count). The standard InChI is InChI=1S/C87H140O17P2/c1-5-9-13-17-21-25-29-33-36-39-40-43-46-50-54-58-62-66-70-74-87(92)104-83(78-98-85(90)72-68-64-60-56-52-48-44-41-37-34-30-26-22-18-14-10-6-2)80-102-106(95,96)100-76-81(88)75-99-105(93,94)101-79-82(77-97-84(89)71-67-63-59-55-51-47-32-28-24-20-16-12-8-4)103-86(91)73-69-65-61-57-53-49-45-42-38-35-31-27-23-19-15-11-7-3/h9,13,21-23,25-28,32-38,40,43-45,48-50,54,56-57,60-62,66,81-83,88H,5-8,10-12,14-20,24,29-31,39,41-42,46-47,51-53,55,58-59,63-65,67-80H2,1-4H3,(H,93,94)(H,95,96)/b13-9-,25-21-,26-22-,27-23-,32-28-,36-33-,37-34-,38-35-,43-40-,48-44-,49-45-,54-50-,60-56-,61-57-,66-62-/t81-,82+,83+/m0/s1. The molecule has 0 spiro atoms. The summed E-state index contributed by atoms with van der Waals surface area (Å²) in [6.07, 6.45) is 93.3. The SMILES string of the molecule is CC/C=C\C/C=C\C/C=C\C/C=C\C/C=C\C/C=C\CCC(=O)O[C@H](COC(=O)CCC/C=C\C/C=C\C/C=C\C/C=C\CCCCC)COP(=O)(O)OC[C@@H](O)COP(=O)(O)OC[C@@H](COC(=O)CCCCCCC/C=C\CCCCCC)OC(=O)CCC/C=C\C/C=C\C/C=C\C/C=C\CCCCC. The molecule has 600 valence electrons. The minimum atomic E-state index is -5.02. The lowest BCUT2D eigenvalue weighted by Crippen LogP contribution is -2.30. The Hall–Kier alpha value is -5.84. The third-order valence-electron chi connectivity index (χ3n) is 15.8. The molecule has 0 amide bonds. The molecule has 106 heavy (non-hydrogen) atoms. The molecule has 19 heteroatoms. The van der Waals surface area contributed by atoms with Crippen molar-refractivity contribution >= 4 is 39.5 Å². The summed E-state index contributed by atoms with van der Waals surface area (Å²) in [5.74, 6) is -2.43. The predicted octanol–water partition coefficient (Wildman–Crippen LogP) is 23.6. The van der Waals surface area contributed by atoms with Crippen LogP contribution in [-0.4, -0.2) is 96.7 Å². The highest BCUT2D eigenvalue weighted by molar-refractivity contribution is 7.47. The van der Waals surface area contributed by atoms with Crippen molar-refractivity contribution in [3.8, 4) is 0 Å². The lowest BCUT2D eigenvalue weighted by molar-refractivity contribution is -0.161. The first-order chi connectivity index (χ1) is 51.7. The van der Waals surface area contributed by atoms with Gasteiger partial charge in [0.25, 0.3) is 0 Å². The van der Waals surface area contributed by atoms with Gasteiger partial charge in [0, 0.05) is 25.7 Å². The van der Waals surface area contributed by atoms with E-state index in [9.17, 15) is 43.2 Å². The molecule has 0 aliphatic carbocycles. The van der Waals surface area contributed by atoms with E-state index in [4.69, 9.17) is 37.0 Å². The van der Waals surface area contributed by atoms with Gasteiger partial charge in [-0.3, -0.25) is 37.3 Å². The van der Waals surface area contributed by atoms with Gasteiger partial charge >= 0.3 is 39.5 Å². The minimum Gasteiger partial charge on any atom is -0.462 e. The van der Waals surface area contributed by atoms with Crippen LogP contribution >= 0.6 is 15.6 Å². The van der Waals surface area contributed by atoms with Crippen LogP contribution in [0.15, 0.2) is 182 Å². The van der Waals surface area contributed by atoms with Crippen molar-refractivity contribution in [1.82, 2.24) is 0 Å². The summed E-state index contributed by atoms with van der Waals surface area (Å²) >= 11 is 0. The highest BCUT2D eigenvalue weighted by Gasteiger charge is 2.30. The number of hydrogen-bond donors (Lipinski definition) is 3. The smallest absolute Gasteiger partial charge is 0.462 e. The minimum absolute atomic E-state index is 0.00832. The second-order valence-corrected chi connectivity index (χ2v) is 28.8. The molecule has 0 saturated carbocycles. The van der Waals surface area contributed by atoms with Crippen LogP contribution in [0.1, 0.15) is 285 Å². The van der Waals surface area contributed by atoms with E-state index in [-0.39, 0.29) is 25.7 Å². The molecule has 0 fully saturated rings. The molecule has 0 aromatic rings. The van der Waals surface area contributed by atoms with Gasteiger partial charge in [-0.25, -0.2) is 9.13 Å². The number of carbonyl (C=O) groups excluding carboxylic acids is 4. The van der Waals surface area contributed by atoms with Gasteiger partial charge in [-0.2, -0.15) is 0 Å². The number of carbonyl (C=O) groups is 4. The van der Waals surface area contributed by atoms with Crippen LogP contribution in [0.5, 0.6) is 0 Å². The van der Waals surface area contributed by atoms with E-state index in [0.29, 0.717) is 44.9 Å². The molecule has 0 aliphatic heterocycles. The Bertz CT molecular complexity index is 2730. The molecule has 0 saturated heterocycles. The number of unbranched alkanes of at least 4 members (excludes halogenated alkanes) is 17. The third kappa shape index (κ3) is 76.4. The van der Waals surface area contributed by atoms with Gasteiger partial charge in [0.2, 0.25) is 0 Å². The molecular formula is C87H140O17P2. The monoisotopic (exact) mass is 1520 g/mol. The quantitative estimate of drug-likeness (QED) is 0.0169. The van der Waals surface area contributed by atoms with Crippen molar-refractivity contribution < 1.29 is 80.2 Å². The van der Waals surface area contributed by atoms with Gasteiger partial charge in [0.15, 0.2) is 12.2 Å². The molecule has 0 bridgehead atoms. The molecule has 0 aromatic heterocycles. The average Bonchev–Trinajstić information content (AvgIpc) is 0.899. The summed E-state index contributed by atoms with van der Waals surface area (Å²) in [5.41, 5.74) is 0. The Morgan fingerprint density at radius 3 is 0.877 bits per heavy atom. The van der Waals surface area contributed by atoms with Crippen LogP contribution in [0.2, 0.25) is 0 Å². The second kappa shape index (κ2) is 77.3. The van der Waals surface area contributed by atoms with E-state index in [1.54, 1.807) is 0 Å². The fraction of sp³-hybridized carbons (Fsp3) is 0.609. The molecule has 5 atom stereocenters. The maximum absolute atomic E-state index is 13.1. The van der Waals surface area contributed by atoms with Crippen LogP contribution in [-0.2, 0) is 65.4 Å². The summed E-state index contributed by atoms with van der Waals surface area (Å²) in [4.78, 5) is 73.0. The Morgan fingerprint density at radius 1 is 0.274 bits per heavy atom. The van der Waals surface area contributed by atoms with Gasteiger partial charge in [-0.05, 0) is 167 Å². The van der Waals surface area contributed by atoms with Crippen LogP contribution in [0.4, 0.5) is 0 Å². The van der Waals surface area contributed by atoms with Crippen LogP contribution in [0.25, 0.3) is 0 Å². The zero-order valence-electron chi connectivity index (χ0n) is 65.5. The second-order valence-electron chi connectivity index (χ2n) is 25.9. The number of ether oxygens (including phenoxy) is 4. The zero-order chi connectivity index (χ0) is 77.4. The Balaban J connectivity index is 5.56. The van der Waals surface area contributed by atoms with Crippen LogP contribution in [0, 0.1) is 0 Å². The number of phosphoric ester groups is 2. The molecule has 3 N–H and O–H groups in total. The lowest BCUT2D eigenvalue weighted by Gasteiger charge is -2.21. The summed E-state index contributed by atoms with van der Waals surface area (Å²) in [7, 11) is -10.0. The fourth-order valence-electron chi connectivity index (χ4n) is 9.75. The number of allylic oxidation sites excluding steroid dienone is 30. The van der Waals surface area contributed by atoms with Crippen LogP contribution < -0.4 is 0 Å². The predicted molar refractivity (Wildman–Crippen MR) is 436 cm³/mol. The maximum Gasteiger partial charge on any atom is 0.472 e. The maximum atomic E-state index is 13.1. The van der Waals surface area contributed by atoms with Gasteiger partial charge in [0.1, 0.15) is 19.3 Å². The number of rotatable bonds is 73. The largest absolute Gasteiger partial charge is 0.472 e. The number of phosphoric acid groups is 2. The topological polar surface area (TPSA) is 237 Å². The summed E-state index contributed by atoms with van der Waals surface area (Å²) in [6.45, 7) is 4.44. The van der Waals surface area contributed by atoms with Crippen molar-refractivity contribution in [2.75, 3.05) is 39.6 Å². The first kappa shape index (κ1) is 100. The van der Waals surface area contributed by atoms with E-state index in [1.165, 1.54) is 64.2 Å². The Morgan fingerprint density at radius 2 is 0.519 bits per heavy atom. The molecule has 0 heterocycles. The van der Waals surface area contributed by atoms with Gasteiger partial charge < -0.3 is 33.8 Å². The van der Waals surface area contributed by atoms with Crippen molar-refractivity contribution in [2.45, 2.75) is 303 Å².